The zero-order chi connectivity index (χ0) is 16.9. The number of hydrogen-bond donors (Lipinski definition) is 1. The Bertz CT molecular complexity index is 626. The molecule has 1 aliphatic heterocycles. The molecule has 1 N–H and O–H groups in total. The monoisotopic (exact) mass is 345 g/mol. The summed E-state index contributed by atoms with van der Waals surface area (Å²) < 4.78 is 0. The SMILES string of the molecule is O=C(O)[C@H]1CCN(Cc2ccccc2)CC1CC1C=C(Cl)C=CC1. The van der Waals surface area contributed by atoms with Crippen LogP contribution in [0.5, 0.6) is 0 Å². The fraction of sp³-hybridized carbons (Fsp3) is 0.450. The number of rotatable bonds is 5. The summed E-state index contributed by atoms with van der Waals surface area (Å²) in [6, 6.07) is 10.4. The van der Waals surface area contributed by atoms with E-state index in [1.54, 1.807) is 0 Å². The molecule has 3 rings (SSSR count). The number of piperidine rings is 1. The summed E-state index contributed by atoms with van der Waals surface area (Å²) in [5.74, 6) is -0.362. The largest absolute Gasteiger partial charge is 0.481 e. The molecule has 2 aliphatic rings. The number of likely N-dealkylation sites (tertiary alicyclic amines) is 1. The molecule has 128 valence electrons. The summed E-state index contributed by atoms with van der Waals surface area (Å²) in [7, 11) is 0. The first-order valence-corrected chi connectivity index (χ1v) is 9.02. The topological polar surface area (TPSA) is 40.5 Å². The molecule has 1 fully saturated rings. The second-order valence-electron chi connectivity index (χ2n) is 6.90. The van der Waals surface area contributed by atoms with Crippen LogP contribution in [0.1, 0.15) is 24.8 Å². The Morgan fingerprint density at radius 3 is 2.79 bits per heavy atom. The first kappa shape index (κ1) is 17.2. The molecule has 3 atom stereocenters. The van der Waals surface area contributed by atoms with E-state index in [0.717, 1.165) is 43.9 Å². The lowest BCUT2D eigenvalue weighted by Gasteiger charge is -2.38. The van der Waals surface area contributed by atoms with Crippen LogP contribution >= 0.6 is 11.6 Å². The van der Waals surface area contributed by atoms with Gasteiger partial charge in [0.25, 0.3) is 0 Å². The third-order valence-electron chi connectivity index (χ3n) is 5.10. The van der Waals surface area contributed by atoms with Gasteiger partial charge in [0.1, 0.15) is 0 Å². The molecule has 0 amide bonds. The third kappa shape index (κ3) is 4.49. The van der Waals surface area contributed by atoms with E-state index >= 15 is 0 Å². The number of nitrogens with zero attached hydrogens (tertiary/aromatic N) is 1. The Hall–Kier alpha value is -1.58. The van der Waals surface area contributed by atoms with Gasteiger partial charge in [-0.25, -0.2) is 0 Å². The maximum absolute atomic E-state index is 11.7. The van der Waals surface area contributed by atoms with E-state index in [2.05, 4.69) is 41.3 Å². The zero-order valence-corrected chi connectivity index (χ0v) is 14.5. The van der Waals surface area contributed by atoms with Crippen molar-refractivity contribution in [1.82, 2.24) is 4.90 Å². The van der Waals surface area contributed by atoms with Gasteiger partial charge in [0.05, 0.1) is 5.92 Å². The number of carboxylic acid groups (broad SMARTS) is 1. The molecule has 0 aromatic heterocycles. The number of carbonyl (C=O) groups is 1. The molecule has 0 radical (unpaired) electrons. The molecule has 0 bridgehead atoms. The first-order chi connectivity index (χ1) is 11.6. The lowest BCUT2D eigenvalue weighted by molar-refractivity contribution is -0.146. The number of benzene rings is 1. The highest BCUT2D eigenvalue weighted by Gasteiger charge is 2.35. The summed E-state index contributed by atoms with van der Waals surface area (Å²) >= 11 is 6.11. The van der Waals surface area contributed by atoms with Gasteiger partial charge in [-0.15, -0.1) is 0 Å². The van der Waals surface area contributed by atoms with Crippen LogP contribution in [0.4, 0.5) is 0 Å². The zero-order valence-electron chi connectivity index (χ0n) is 13.8. The fourth-order valence-corrected chi connectivity index (χ4v) is 4.18. The van der Waals surface area contributed by atoms with Crippen LogP contribution in [0.15, 0.2) is 53.6 Å². The summed E-state index contributed by atoms with van der Waals surface area (Å²) in [6.07, 6.45) is 8.67. The van der Waals surface area contributed by atoms with Gasteiger partial charge in [0, 0.05) is 18.1 Å². The van der Waals surface area contributed by atoms with Gasteiger partial charge in [0.2, 0.25) is 0 Å². The van der Waals surface area contributed by atoms with E-state index in [1.807, 2.05) is 12.1 Å². The van der Waals surface area contributed by atoms with Crippen molar-refractivity contribution in [3.63, 3.8) is 0 Å². The minimum Gasteiger partial charge on any atom is -0.481 e. The number of allylic oxidation sites excluding steroid dienone is 4. The van der Waals surface area contributed by atoms with E-state index in [1.165, 1.54) is 5.56 Å². The summed E-state index contributed by atoms with van der Waals surface area (Å²) in [4.78, 5) is 14.1. The highest BCUT2D eigenvalue weighted by molar-refractivity contribution is 6.31. The van der Waals surface area contributed by atoms with Gasteiger partial charge < -0.3 is 5.11 Å². The molecule has 1 aromatic rings. The Morgan fingerprint density at radius 1 is 1.29 bits per heavy atom. The Balaban J connectivity index is 1.66. The molecular weight excluding hydrogens is 322 g/mol. The van der Waals surface area contributed by atoms with Crippen molar-refractivity contribution in [3.8, 4) is 0 Å². The quantitative estimate of drug-likeness (QED) is 0.865. The van der Waals surface area contributed by atoms with Crippen LogP contribution in [0.3, 0.4) is 0 Å². The first-order valence-electron chi connectivity index (χ1n) is 8.65. The molecule has 1 saturated heterocycles. The minimum absolute atomic E-state index is 0.178. The van der Waals surface area contributed by atoms with E-state index in [0.29, 0.717) is 5.92 Å². The van der Waals surface area contributed by atoms with Crippen LogP contribution in [-0.2, 0) is 11.3 Å². The average molecular weight is 346 g/mol. The molecule has 0 saturated carbocycles. The number of halogens is 1. The average Bonchev–Trinajstić information content (AvgIpc) is 2.56. The molecule has 1 aliphatic carbocycles. The van der Waals surface area contributed by atoms with Crippen LogP contribution in [-0.4, -0.2) is 29.1 Å². The van der Waals surface area contributed by atoms with E-state index in [4.69, 9.17) is 11.6 Å². The predicted octanol–water partition coefficient (Wildman–Crippen LogP) is 4.30. The molecule has 1 heterocycles. The van der Waals surface area contributed by atoms with Gasteiger partial charge in [0.15, 0.2) is 0 Å². The van der Waals surface area contributed by atoms with Gasteiger partial charge in [-0.2, -0.15) is 0 Å². The predicted molar refractivity (Wildman–Crippen MR) is 96.8 cm³/mol. The Labute approximate surface area is 148 Å². The van der Waals surface area contributed by atoms with Crippen LogP contribution in [0, 0.1) is 17.8 Å². The van der Waals surface area contributed by atoms with Crippen LogP contribution in [0.25, 0.3) is 0 Å². The smallest absolute Gasteiger partial charge is 0.306 e. The van der Waals surface area contributed by atoms with Gasteiger partial charge in [-0.1, -0.05) is 54.1 Å². The molecular formula is C20H24ClNO2. The van der Waals surface area contributed by atoms with E-state index < -0.39 is 5.97 Å². The lowest BCUT2D eigenvalue weighted by Crippen LogP contribution is -2.43. The van der Waals surface area contributed by atoms with Crippen LogP contribution in [0.2, 0.25) is 0 Å². The molecule has 3 nitrogen and oxygen atoms in total. The van der Waals surface area contributed by atoms with Crippen molar-refractivity contribution < 1.29 is 9.90 Å². The second kappa shape index (κ2) is 8.00. The fourth-order valence-electron chi connectivity index (χ4n) is 3.91. The molecule has 2 unspecified atom stereocenters. The Kier molecular flexibility index (Phi) is 5.75. The van der Waals surface area contributed by atoms with Crippen molar-refractivity contribution in [3.05, 3.63) is 59.2 Å². The summed E-state index contributed by atoms with van der Waals surface area (Å²) in [5, 5.41) is 10.4. The van der Waals surface area contributed by atoms with Gasteiger partial charge >= 0.3 is 5.97 Å². The molecule has 24 heavy (non-hydrogen) atoms. The second-order valence-corrected chi connectivity index (χ2v) is 7.34. The highest BCUT2D eigenvalue weighted by atomic mass is 35.5. The van der Waals surface area contributed by atoms with E-state index in [-0.39, 0.29) is 11.8 Å². The van der Waals surface area contributed by atoms with Crippen molar-refractivity contribution in [2.45, 2.75) is 25.8 Å². The van der Waals surface area contributed by atoms with Gasteiger partial charge in [-0.3, -0.25) is 9.69 Å². The van der Waals surface area contributed by atoms with Crippen molar-refractivity contribution >= 4 is 17.6 Å². The van der Waals surface area contributed by atoms with Gasteiger partial charge in [-0.05, 0) is 49.3 Å². The summed E-state index contributed by atoms with van der Waals surface area (Å²) in [6.45, 7) is 2.59. The number of hydrogen-bond acceptors (Lipinski definition) is 2. The summed E-state index contributed by atoms with van der Waals surface area (Å²) in [5.41, 5.74) is 1.29. The molecule has 1 aromatic carbocycles. The number of carboxylic acids is 1. The standard InChI is InChI=1S/C20H24ClNO2/c21-18-8-4-7-16(12-18)11-17-14-22(10-9-19(17)20(23)24)13-15-5-2-1-3-6-15/h1-6,8,12,16-17,19H,7,9-11,13-14H2,(H,23,24)/t16?,17?,19-/m0/s1. The van der Waals surface area contributed by atoms with E-state index in [9.17, 15) is 9.90 Å². The van der Waals surface area contributed by atoms with Crippen molar-refractivity contribution in [1.29, 1.82) is 0 Å². The minimum atomic E-state index is -0.652. The number of aliphatic carboxylic acids is 1. The lowest BCUT2D eigenvalue weighted by atomic mass is 9.78. The third-order valence-corrected chi connectivity index (χ3v) is 5.35. The Morgan fingerprint density at radius 2 is 2.08 bits per heavy atom. The van der Waals surface area contributed by atoms with Crippen molar-refractivity contribution in [2.24, 2.45) is 17.8 Å². The molecule has 0 spiro atoms. The molecule has 4 heteroatoms. The maximum atomic E-state index is 11.7. The highest BCUT2D eigenvalue weighted by Crippen LogP contribution is 2.33. The maximum Gasteiger partial charge on any atom is 0.306 e. The van der Waals surface area contributed by atoms with Crippen molar-refractivity contribution in [2.75, 3.05) is 13.1 Å². The normalized spacial score (nSPS) is 27.7. The van der Waals surface area contributed by atoms with Crippen LogP contribution < -0.4 is 0 Å².